The van der Waals surface area contributed by atoms with Crippen LogP contribution < -0.4 is 10.1 Å². The monoisotopic (exact) mass is 390 g/mol. The van der Waals surface area contributed by atoms with Crippen LogP contribution in [0.25, 0.3) is 11.3 Å². The van der Waals surface area contributed by atoms with E-state index in [1.165, 1.54) is 7.11 Å². The Balaban J connectivity index is 1.60. The zero-order valence-electron chi connectivity index (χ0n) is 14.0. The Bertz CT molecular complexity index is 907. The van der Waals surface area contributed by atoms with Crippen molar-refractivity contribution in [1.29, 1.82) is 0 Å². The molecule has 5 nitrogen and oxygen atoms in total. The van der Waals surface area contributed by atoms with E-state index in [1.807, 2.05) is 12.1 Å². The number of nitrogens with one attached hydrogen (secondary N) is 1. The highest BCUT2D eigenvalue weighted by molar-refractivity contribution is 6.31. The first-order valence-electron chi connectivity index (χ1n) is 7.89. The van der Waals surface area contributed by atoms with Gasteiger partial charge in [-0.15, -0.1) is 0 Å². The van der Waals surface area contributed by atoms with Gasteiger partial charge in [-0.3, -0.25) is 4.79 Å². The van der Waals surface area contributed by atoms with Crippen LogP contribution in [0.1, 0.15) is 12.3 Å². The number of ether oxygens (including phenoxy) is 1. The summed E-state index contributed by atoms with van der Waals surface area (Å²) in [6.45, 7) is 0. The lowest BCUT2D eigenvalue weighted by molar-refractivity contribution is -0.116. The molecule has 0 aliphatic heterocycles. The molecule has 134 valence electrons. The van der Waals surface area contributed by atoms with Crippen LogP contribution in [0.2, 0.25) is 10.0 Å². The SMILES string of the molecule is COc1ccc(Cl)cc1NC(=O)CCc1ncc(-c2ccc(Cl)cc2)o1. The highest BCUT2D eigenvalue weighted by atomic mass is 35.5. The number of oxazole rings is 1. The van der Waals surface area contributed by atoms with Crippen molar-refractivity contribution in [1.82, 2.24) is 4.98 Å². The van der Waals surface area contributed by atoms with Gasteiger partial charge in [0.1, 0.15) is 5.75 Å². The van der Waals surface area contributed by atoms with Gasteiger partial charge in [0.2, 0.25) is 5.91 Å². The quantitative estimate of drug-likeness (QED) is 0.625. The Hall–Kier alpha value is -2.50. The number of rotatable bonds is 6. The van der Waals surface area contributed by atoms with Gasteiger partial charge in [-0.25, -0.2) is 4.98 Å². The summed E-state index contributed by atoms with van der Waals surface area (Å²) in [5.41, 5.74) is 1.40. The highest BCUT2D eigenvalue weighted by Crippen LogP contribution is 2.28. The highest BCUT2D eigenvalue weighted by Gasteiger charge is 2.11. The molecule has 0 unspecified atom stereocenters. The standard InChI is InChI=1S/C19H16Cl2N2O3/c1-25-16-7-6-14(21)10-15(16)23-18(24)8-9-19-22-11-17(26-19)12-2-4-13(20)5-3-12/h2-7,10-11H,8-9H2,1H3,(H,23,24). The first-order valence-corrected chi connectivity index (χ1v) is 8.65. The van der Waals surface area contributed by atoms with Crippen molar-refractivity contribution >= 4 is 34.8 Å². The number of hydrogen-bond acceptors (Lipinski definition) is 4. The van der Waals surface area contributed by atoms with Gasteiger partial charge in [0.05, 0.1) is 19.0 Å². The molecule has 0 aliphatic rings. The van der Waals surface area contributed by atoms with E-state index < -0.39 is 0 Å². The number of halogens is 2. The molecule has 0 saturated heterocycles. The van der Waals surface area contributed by atoms with Crippen LogP contribution in [0.3, 0.4) is 0 Å². The molecule has 3 rings (SSSR count). The number of nitrogens with zero attached hydrogens (tertiary/aromatic N) is 1. The minimum absolute atomic E-state index is 0.184. The van der Waals surface area contributed by atoms with Crippen LogP contribution in [0, 0.1) is 0 Å². The maximum atomic E-state index is 12.2. The zero-order chi connectivity index (χ0) is 18.5. The fraction of sp³-hybridized carbons (Fsp3) is 0.158. The molecule has 0 spiro atoms. The summed E-state index contributed by atoms with van der Waals surface area (Å²) in [5, 5.41) is 3.95. The number of methoxy groups -OCH3 is 1. The Morgan fingerprint density at radius 2 is 1.88 bits per heavy atom. The van der Waals surface area contributed by atoms with Gasteiger partial charge in [-0.05, 0) is 42.5 Å². The average molecular weight is 391 g/mol. The largest absolute Gasteiger partial charge is 0.495 e. The fourth-order valence-electron chi connectivity index (χ4n) is 2.38. The number of benzene rings is 2. The molecule has 1 heterocycles. The molecule has 0 aliphatic carbocycles. The van der Waals surface area contributed by atoms with E-state index in [9.17, 15) is 4.79 Å². The number of carbonyl (C=O) groups is 1. The molecular formula is C19H16Cl2N2O3. The van der Waals surface area contributed by atoms with Gasteiger partial charge in [-0.2, -0.15) is 0 Å². The molecule has 0 saturated carbocycles. The van der Waals surface area contributed by atoms with Gasteiger partial charge in [0, 0.05) is 28.5 Å². The number of hydrogen-bond donors (Lipinski definition) is 1. The van der Waals surface area contributed by atoms with Crippen LogP contribution in [-0.2, 0) is 11.2 Å². The predicted octanol–water partition coefficient (Wildman–Crippen LogP) is 5.23. The Kier molecular flexibility index (Phi) is 5.81. The number of amides is 1. The Morgan fingerprint density at radius 3 is 2.62 bits per heavy atom. The lowest BCUT2D eigenvalue weighted by atomic mass is 10.2. The van der Waals surface area contributed by atoms with E-state index in [0.717, 1.165) is 5.56 Å². The van der Waals surface area contributed by atoms with Crippen LogP contribution >= 0.6 is 23.2 Å². The van der Waals surface area contributed by atoms with E-state index in [1.54, 1.807) is 36.5 Å². The second kappa shape index (κ2) is 8.25. The third kappa shape index (κ3) is 4.56. The van der Waals surface area contributed by atoms with Gasteiger partial charge in [0.15, 0.2) is 11.7 Å². The smallest absolute Gasteiger partial charge is 0.224 e. The third-order valence-corrected chi connectivity index (χ3v) is 4.17. The van der Waals surface area contributed by atoms with Crippen molar-refractivity contribution in [2.75, 3.05) is 12.4 Å². The Labute approximate surface area is 160 Å². The number of anilines is 1. The maximum absolute atomic E-state index is 12.2. The topological polar surface area (TPSA) is 64.4 Å². The average Bonchev–Trinajstić information content (AvgIpc) is 3.10. The van der Waals surface area contributed by atoms with E-state index in [-0.39, 0.29) is 12.3 Å². The van der Waals surface area contributed by atoms with Crippen molar-refractivity contribution in [3.8, 4) is 17.1 Å². The van der Waals surface area contributed by atoms with Gasteiger partial charge < -0.3 is 14.5 Å². The van der Waals surface area contributed by atoms with E-state index >= 15 is 0 Å². The maximum Gasteiger partial charge on any atom is 0.224 e. The molecule has 0 atom stereocenters. The molecular weight excluding hydrogens is 375 g/mol. The Morgan fingerprint density at radius 1 is 1.15 bits per heavy atom. The molecule has 1 aromatic heterocycles. The summed E-state index contributed by atoms with van der Waals surface area (Å²) >= 11 is 11.8. The van der Waals surface area contributed by atoms with Gasteiger partial charge in [0.25, 0.3) is 0 Å². The first-order chi connectivity index (χ1) is 12.5. The summed E-state index contributed by atoms with van der Waals surface area (Å²) in [5.74, 6) is 1.48. The van der Waals surface area contributed by atoms with E-state index in [0.29, 0.717) is 39.6 Å². The fourth-order valence-corrected chi connectivity index (χ4v) is 2.68. The van der Waals surface area contributed by atoms with Crippen LogP contribution in [0.5, 0.6) is 5.75 Å². The molecule has 0 bridgehead atoms. The lowest BCUT2D eigenvalue weighted by Gasteiger charge is -2.10. The number of aryl methyl sites for hydroxylation is 1. The molecule has 1 amide bonds. The van der Waals surface area contributed by atoms with E-state index in [2.05, 4.69) is 10.3 Å². The zero-order valence-corrected chi connectivity index (χ0v) is 15.5. The summed E-state index contributed by atoms with van der Waals surface area (Å²) in [6, 6.07) is 12.3. The van der Waals surface area contributed by atoms with E-state index in [4.69, 9.17) is 32.4 Å². The van der Waals surface area contributed by atoms with Crippen molar-refractivity contribution in [3.63, 3.8) is 0 Å². The van der Waals surface area contributed by atoms with Gasteiger partial charge >= 0.3 is 0 Å². The second-order valence-corrected chi connectivity index (χ2v) is 6.39. The van der Waals surface area contributed by atoms with Crippen LogP contribution in [-0.4, -0.2) is 18.0 Å². The summed E-state index contributed by atoms with van der Waals surface area (Å²) in [6.07, 6.45) is 2.23. The van der Waals surface area contributed by atoms with Crippen molar-refractivity contribution in [3.05, 3.63) is 64.6 Å². The third-order valence-electron chi connectivity index (χ3n) is 3.68. The first kappa shape index (κ1) is 18.3. The summed E-state index contributed by atoms with van der Waals surface area (Å²) in [7, 11) is 1.53. The van der Waals surface area contributed by atoms with Gasteiger partial charge in [-0.1, -0.05) is 23.2 Å². The summed E-state index contributed by atoms with van der Waals surface area (Å²) in [4.78, 5) is 16.4. The molecule has 26 heavy (non-hydrogen) atoms. The summed E-state index contributed by atoms with van der Waals surface area (Å²) < 4.78 is 10.9. The van der Waals surface area contributed by atoms with Crippen LogP contribution in [0.15, 0.2) is 53.1 Å². The molecule has 2 aromatic carbocycles. The van der Waals surface area contributed by atoms with Crippen molar-refractivity contribution in [2.24, 2.45) is 0 Å². The van der Waals surface area contributed by atoms with Crippen LogP contribution in [0.4, 0.5) is 5.69 Å². The second-order valence-electron chi connectivity index (χ2n) is 5.52. The molecule has 1 N–H and O–H groups in total. The number of aromatic nitrogens is 1. The van der Waals surface area contributed by atoms with Crippen molar-refractivity contribution in [2.45, 2.75) is 12.8 Å². The molecule has 3 aromatic rings. The van der Waals surface area contributed by atoms with Crippen molar-refractivity contribution < 1.29 is 13.9 Å². The predicted molar refractivity (Wildman–Crippen MR) is 102 cm³/mol. The molecule has 0 fully saturated rings. The molecule has 7 heteroatoms. The normalized spacial score (nSPS) is 10.6. The molecule has 0 radical (unpaired) electrons. The lowest BCUT2D eigenvalue weighted by Crippen LogP contribution is -2.13. The minimum Gasteiger partial charge on any atom is -0.495 e. The minimum atomic E-state index is -0.184. The number of carbonyl (C=O) groups excluding carboxylic acids is 1.